The second kappa shape index (κ2) is 5.28. The minimum absolute atomic E-state index is 0.877. The van der Waals surface area contributed by atoms with E-state index in [2.05, 4.69) is 25.9 Å². The van der Waals surface area contributed by atoms with Crippen molar-refractivity contribution >= 4 is 27.7 Å². The second-order valence-corrected chi connectivity index (χ2v) is 4.75. The third-order valence-corrected chi connectivity index (χ3v) is 3.26. The van der Waals surface area contributed by atoms with E-state index < -0.39 is 0 Å². The lowest BCUT2D eigenvalue weighted by atomic mass is 10.3. The minimum Gasteiger partial charge on any atom is -0.250 e. The molecule has 0 fully saturated rings. The van der Waals surface area contributed by atoms with Gasteiger partial charge >= 0.3 is 0 Å². The van der Waals surface area contributed by atoms with E-state index in [9.17, 15) is 0 Å². The molecule has 0 amide bonds. The van der Waals surface area contributed by atoms with Crippen LogP contribution in [0.25, 0.3) is 0 Å². The molecule has 0 aliphatic rings. The zero-order valence-corrected chi connectivity index (χ0v) is 10.3. The molecule has 76 valence electrons. The molecule has 0 aliphatic heterocycles. The second-order valence-electron chi connectivity index (χ2n) is 2.94. The Kier molecular flexibility index (Phi) is 3.75. The Bertz CT molecular complexity index is 434. The molecule has 0 unspecified atom stereocenters. The van der Waals surface area contributed by atoms with Crippen LogP contribution in [0.15, 0.2) is 52.4 Å². The molecule has 2 heterocycles. The highest BCUT2D eigenvalue weighted by atomic mass is 79.9. The molecule has 0 bridgehead atoms. The molecule has 0 spiro atoms. The highest BCUT2D eigenvalue weighted by Crippen LogP contribution is 2.21. The highest BCUT2D eigenvalue weighted by Gasteiger charge is 1.97. The summed E-state index contributed by atoms with van der Waals surface area (Å²) < 4.78 is 0.877. The molecule has 0 atom stereocenters. The Morgan fingerprint density at radius 1 is 1.13 bits per heavy atom. The molecule has 2 rings (SSSR count). The maximum absolute atomic E-state index is 4.25. The monoisotopic (exact) mass is 280 g/mol. The number of pyridine rings is 2. The molecule has 2 aromatic rings. The van der Waals surface area contributed by atoms with Gasteiger partial charge in [-0.15, -0.1) is 11.8 Å². The molecule has 0 radical (unpaired) electrons. The molecule has 0 aromatic carbocycles. The summed E-state index contributed by atoms with van der Waals surface area (Å²) in [5, 5.41) is 1.05. The first-order valence-electron chi connectivity index (χ1n) is 4.49. The summed E-state index contributed by atoms with van der Waals surface area (Å²) in [6.07, 6.45) is 3.61. The molecule has 0 saturated heterocycles. The standard InChI is InChI=1S/C11H9BrN2S/c12-10-7-9(4-6-13-10)8-15-11-3-1-2-5-14-11/h1-7H,8H2. The summed E-state index contributed by atoms with van der Waals surface area (Å²) in [5.41, 5.74) is 1.24. The van der Waals surface area contributed by atoms with E-state index in [-0.39, 0.29) is 0 Å². The molecule has 15 heavy (non-hydrogen) atoms. The lowest BCUT2D eigenvalue weighted by Crippen LogP contribution is -1.84. The fraction of sp³-hybridized carbons (Fsp3) is 0.0909. The molecule has 0 N–H and O–H groups in total. The van der Waals surface area contributed by atoms with Gasteiger partial charge in [0.05, 0.1) is 5.03 Å². The minimum atomic E-state index is 0.877. The van der Waals surface area contributed by atoms with Gasteiger partial charge in [0.25, 0.3) is 0 Å². The Morgan fingerprint density at radius 2 is 2.07 bits per heavy atom. The van der Waals surface area contributed by atoms with Crippen LogP contribution >= 0.6 is 27.7 Å². The van der Waals surface area contributed by atoms with Crippen LogP contribution in [0.5, 0.6) is 0 Å². The van der Waals surface area contributed by atoms with Crippen molar-refractivity contribution in [3.8, 4) is 0 Å². The zero-order valence-electron chi connectivity index (χ0n) is 7.93. The Labute approximate surface area is 101 Å². The fourth-order valence-electron chi connectivity index (χ4n) is 1.12. The van der Waals surface area contributed by atoms with Crippen molar-refractivity contribution in [1.82, 2.24) is 9.97 Å². The first-order chi connectivity index (χ1) is 7.34. The van der Waals surface area contributed by atoms with Crippen molar-refractivity contribution in [2.24, 2.45) is 0 Å². The van der Waals surface area contributed by atoms with Crippen molar-refractivity contribution in [2.45, 2.75) is 10.8 Å². The van der Waals surface area contributed by atoms with Gasteiger partial charge in [-0.05, 0) is 45.8 Å². The van der Waals surface area contributed by atoms with Crippen molar-refractivity contribution < 1.29 is 0 Å². The van der Waals surface area contributed by atoms with Gasteiger partial charge in [0, 0.05) is 18.1 Å². The van der Waals surface area contributed by atoms with Crippen molar-refractivity contribution in [3.63, 3.8) is 0 Å². The highest BCUT2D eigenvalue weighted by molar-refractivity contribution is 9.10. The van der Waals surface area contributed by atoms with Gasteiger partial charge in [0.15, 0.2) is 0 Å². The number of halogens is 1. The smallest absolute Gasteiger partial charge is 0.106 e. The molecule has 2 nitrogen and oxygen atoms in total. The Balaban J connectivity index is 1.99. The van der Waals surface area contributed by atoms with E-state index in [1.807, 2.05) is 36.5 Å². The van der Waals surface area contributed by atoms with Crippen LogP contribution in [-0.4, -0.2) is 9.97 Å². The van der Waals surface area contributed by atoms with Crippen LogP contribution in [0, 0.1) is 0 Å². The largest absolute Gasteiger partial charge is 0.250 e. The summed E-state index contributed by atoms with van der Waals surface area (Å²) in [7, 11) is 0. The van der Waals surface area contributed by atoms with Crippen LogP contribution in [-0.2, 0) is 5.75 Å². The number of rotatable bonds is 3. The molecular weight excluding hydrogens is 272 g/mol. The first kappa shape index (κ1) is 10.6. The summed E-state index contributed by atoms with van der Waals surface area (Å²) in [5.74, 6) is 0.915. The number of nitrogens with zero attached hydrogens (tertiary/aromatic N) is 2. The number of aromatic nitrogens is 2. The van der Waals surface area contributed by atoms with Gasteiger partial charge in [-0.1, -0.05) is 6.07 Å². The van der Waals surface area contributed by atoms with Gasteiger partial charge in [-0.25, -0.2) is 9.97 Å². The van der Waals surface area contributed by atoms with Crippen LogP contribution in [0.3, 0.4) is 0 Å². The van der Waals surface area contributed by atoms with Crippen molar-refractivity contribution in [1.29, 1.82) is 0 Å². The van der Waals surface area contributed by atoms with E-state index in [0.717, 1.165) is 15.4 Å². The lowest BCUT2D eigenvalue weighted by molar-refractivity contribution is 1.13. The van der Waals surface area contributed by atoms with Gasteiger partial charge in [0.1, 0.15) is 4.60 Å². The zero-order chi connectivity index (χ0) is 10.5. The van der Waals surface area contributed by atoms with Gasteiger partial charge in [0.2, 0.25) is 0 Å². The van der Waals surface area contributed by atoms with E-state index in [1.54, 1.807) is 18.0 Å². The summed E-state index contributed by atoms with van der Waals surface area (Å²) in [6.45, 7) is 0. The van der Waals surface area contributed by atoms with E-state index in [0.29, 0.717) is 0 Å². The van der Waals surface area contributed by atoms with Crippen molar-refractivity contribution in [3.05, 3.63) is 52.9 Å². The molecule has 0 saturated carbocycles. The predicted molar refractivity (Wildman–Crippen MR) is 65.7 cm³/mol. The summed E-state index contributed by atoms with van der Waals surface area (Å²) in [4.78, 5) is 8.34. The average molecular weight is 281 g/mol. The predicted octanol–water partition coefficient (Wildman–Crippen LogP) is 3.53. The summed E-state index contributed by atoms with van der Waals surface area (Å²) >= 11 is 5.07. The summed E-state index contributed by atoms with van der Waals surface area (Å²) in [6, 6.07) is 9.97. The van der Waals surface area contributed by atoms with Gasteiger partial charge < -0.3 is 0 Å². The van der Waals surface area contributed by atoms with Crippen LogP contribution in [0.2, 0.25) is 0 Å². The van der Waals surface area contributed by atoms with Crippen LogP contribution in [0.1, 0.15) is 5.56 Å². The number of hydrogen-bond acceptors (Lipinski definition) is 3. The van der Waals surface area contributed by atoms with E-state index in [1.165, 1.54) is 5.56 Å². The molecule has 0 aliphatic carbocycles. The normalized spacial score (nSPS) is 10.2. The van der Waals surface area contributed by atoms with Crippen LogP contribution < -0.4 is 0 Å². The topological polar surface area (TPSA) is 25.8 Å². The van der Waals surface area contributed by atoms with Gasteiger partial charge in [-0.3, -0.25) is 0 Å². The van der Waals surface area contributed by atoms with Crippen molar-refractivity contribution in [2.75, 3.05) is 0 Å². The Hall–Kier alpha value is -0.870. The fourth-order valence-corrected chi connectivity index (χ4v) is 2.34. The van der Waals surface area contributed by atoms with E-state index in [4.69, 9.17) is 0 Å². The third-order valence-electron chi connectivity index (χ3n) is 1.82. The quantitative estimate of drug-likeness (QED) is 0.635. The first-order valence-corrected chi connectivity index (χ1v) is 6.27. The molecular formula is C11H9BrN2S. The number of hydrogen-bond donors (Lipinski definition) is 0. The molecule has 4 heteroatoms. The SMILES string of the molecule is Brc1cc(CSc2ccccn2)ccn1. The maximum atomic E-state index is 4.25. The van der Waals surface area contributed by atoms with E-state index >= 15 is 0 Å². The third kappa shape index (κ3) is 3.32. The van der Waals surface area contributed by atoms with Gasteiger partial charge in [-0.2, -0.15) is 0 Å². The number of thioether (sulfide) groups is 1. The average Bonchev–Trinajstić information content (AvgIpc) is 2.28. The molecule has 2 aromatic heterocycles. The van der Waals surface area contributed by atoms with Crippen LogP contribution in [0.4, 0.5) is 0 Å². The maximum Gasteiger partial charge on any atom is 0.106 e. The lowest BCUT2D eigenvalue weighted by Gasteiger charge is -2.00. The Morgan fingerprint density at radius 3 is 2.80 bits per heavy atom.